The van der Waals surface area contributed by atoms with Crippen LogP contribution < -0.4 is 5.32 Å². The Morgan fingerprint density at radius 3 is 2.57 bits per heavy atom. The number of carbonyl (C=O) groups excluding carboxylic acids is 2. The lowest BCUT2D eigenvalue weighted by atomic mass is 9.46. The van der Waals surface area contributed by atoms with Crippen LogP contribution in [-0.4, -0.2) is 67.7 Å². The predicted octanol–water partition coefficient (Wildman–Crippen LogP) is 5.89. The number of amides is 1. The second-order valence-electron chi connectivity index (χ2n) is 13.8. The summed E-state index contributed by atoms with van der Waals surface area (Å²) in [6, 6.07) is 8.20. The fourth-order valence-corrected chi connectivity index (χ4v) is 9.58. The van der Waals surface area contributed by atoms with E-state index in [0.717, 1.165) is 54.9 Å². The minimum Gasteiger partial charge on any atom is -0.496 e. The van der Waals surface area contributed by atoms with Gasteiger partial charge in [-0.25, -0.2) is 0 Å². The van der Waals surface area contributed by atoms with Crippen molar-refractivity contribution in [2.45, 2.75) is 76.9 Å². The maximum Gasteiger partial charge on any atom is 0.421 e. The maximum atomic E-state index is 14.5. The van der Waals surface area contributed by atoms with E-state index in [9.17, 15) is 22.8 Å². The number of quaternary nitrogens is 1. The Bertz CT molecular complexity index is 1440. The molecule has 5 aliphatic rings. The Morgan fingerprint density at radius 2 is 1.93 bits per heavy atom. The molecule has 2 saturated heterocycles. The molecule has 2 heterocycles. The van der Waals surface area contributed by atoms with Crippen molar-refractivity contribution >= 4 is 18.0 Å². The highest BCUT2D eigenvalue weighted by atomic mass is 19.4. The Hall–Kier alpha value is -3.11. The first kappa shape index (κ1) is 30.9. The predicted molar refractivity (Wildman–Crippen MR) is 157 cm³/mol. The molecular formula is C34H42F3N2O5+. The summed E-state index contributed by atoms with van der Waals surface area (Å²) in [6.07, 6.45) is 1.18. The van der Waals surface area contributed by atoms with E-state index in [-0.39, 0.29) is 29.4 Å². The minimum atomic E-state index is -4.92. The third-order valence-electron chi connectivity index (χ3n) is 10.8. The highest BCUT2D eigenvalue weighted by Gasteiger charge is 2.77. The van der Waals surface area contributed by atoms with E-state index in [4.69, 9.17) is 14.2 Å². The lowest BCUT2D eigenvalue weighted by molar-refractivity contribution is -0.949. The number of methoxy groups -OCH3 is 1. The van der Waals surface area contributed by atoms with E-state index in [1.807, 2.05) is 0 Å². The first-order valence-electron chi connectivity index (χ1n) is 15.6. The molecule has 44 heavy (non-hydrogen) atoms. The number of hydrogen-bond donors (Lipinski definition) is 1. The number of nitrogens with zero attached hydrogens (tertiary/aromatic N) is 1. The van der Waals surface area contributed by atoms with Crippen molar-refractivity contribution in [2.24, 2.45) is 23.2 Å². The molecule has 7 nitrogen and oxygen atoms in total. The number of alkyl halides is 3. The summed E-state index contributed by atoms with van der Waals surface area (Å²) in [5, 5.41) is 2.77. The third kappa shape index (κ3) is 4.71. The Morgan fingerprint density at radius 1 is 1.20 bits per heavy atom. The first-order valence-corrected chi connectivity index (χ1v) is 15.6. The monoisotopic (exact) mass is 615 g/mol. The molecule has 3 unspecified atom stereocenters. The van der Waals surface area contributed by atoms with Crippen molar-refractivity contribution in [1.82, 2.24) is 5.32 Å². The Kier molecular flexibility index (Phi) is 7.55. The van der Waals surface area contributed by atoms with Crippen LogP contribution in [0.4, 0.5) is 13.2 Å². The molecule has 0 aromatic heterocycles. The number of hydrogen-bond acceptors (Lipinski definition) is 5. The zero-order valence-corrected chi connectivity index (χ0v) is 26.0. The molecule has 1 spiro atoms. The van der Waals surface area contributed by atoms with Gasteiger partial charge >= 0.3 is 12.1 Å². The van der Waals surface area contributed by atoms with Crippen molar-refractivity contribution < 1.29 is 41.5 Å². The van der Waals surface area contributed by atoms with Gasteiger partial charge in [0.1, 0.15) is 11.3 Å². The van der Waals surface area contributed by atoms with Gasteiger partial charge in [0.25, 0.3) is 5.91 Å². The largest absolute Gasteiger partial charge is 0.496 e. The molecule has 0 radical (unpaired) electrons. The Balaban J connectivity index is 1.51. The molecule has 2 aliphatic heterocycles. The fourth-order valence-electron chi connectivity index (χ4n) is 9.58. The van der Waals surface area contributed by atoms with Crippen LogP contribution in [0.25, 0.3) is 6.08 Å². The van der Waals surface area contributed by atoms with Crippen LogP contribution in [0.1, 0.15) is 58.4 Å². The topological polar surface area (TPSA) is 73.9 Å². The molecule has 238 valence electrons. The average Bonchev–Trinajstić information content (AvgIpc) is 3.23. The number of benzene rings is 1. The van der Waals surface area contributed by atoms with E-state index in [1.54, 1.807) is 24.3 Å². The molecule has 1 N–H and O–H groups in total. The van der Waals surface area contributed by atoms with Crippen molar-refractivity contribution in [3.05, 3.63) is 64.6 Å². The summed E-state index contributed by atoms with van der Waals surface area (Å²) in [5.41, 5.74) is -2.38. The van der Waals surface area contributed by atoms with Crippen LogP contribution in [0.5, 0.6) is 0 Å². The van der Waals surface area contributed by atoms with Crippen LogP contribution in [-0.2, 0) is 23.8 Å². The van der Waals surface area contributed by atoms with Gasteiger partial charge in [-0.2, -0.15) is 13.2 Å². The molecule has 2 saturated carbocycles. The van der Waals surface area contributed by atoms with Crippen molar-refractivity contribution in [2.75, 3.05) is 27.2 Å². The molecule has 6 rings (SSSR count). The smallest absolute Gasteiger partial charge is 0.421 e. The number of likely N-dealkylation sites (tertiary alicyclic amines) is 1. The van der Waals surface area contributed by atoms with Gasteiger partial charge in [-0.15, -0.1) is 0 Å². The molecule has 1 aromatic carbocycles. The van der Waals surface area contributed by atoms with Gasteiger partial charge in [-0.1, -0.05) is 50.6 Å². The molecule has 10 heteroatoms. The van der Waals surface area contributed by atoms with Gasteiger partial charge in [0, 0.05) is 49.0 Å². The van der Waals surface area contributed by atoms with Crippen LogP contribution in [0.2, 0.25) is 0 Å². The van der Waals surface area contributed by atoms with E-state index in [2.05, 4.69) is 26.2 Å². The first-order chi connectivity index (χ1) is 20.7. The van der Waals surface area contributed by atoms with Gasteiger partial charge in [0.15, 0.2) is 5.76 Å². The van der Waals surface area contributed by atoms with E-state index in [1.165, 1.54) is 26.2 Å². The van der Waals surface area contributed by atoms with Gasteiger partial charge < -0.3 is 24.0 Å². The van der Waals surface area contributed by atoms with Crippen LogP contribution >= 0.6 is 0 Å². The third-order valence-corrected chi connectivity index (χ3v) is 10.8. The lowest BCUT2D eigenvalue weighted by Gasteiger charge is -2.64. The highest BCUT2D eigenvalue weighted by molar-refractivity contribution is 5.99. The van der Waals surface area contributed by atoms with Gasteiger partial charge in [0.05, 0.1) is 39.4 Å². The quantitative estimate of drug-likeness (QED) is 0.236. The van der Waals surface area contributed by atoms with E-state index in [0.29, 0.717) is 18.1 Å². The van der Waals surface area contributed by atoms with E-state index >= 15 is 0 Å². The minimum absolute atomic E-state index is 0.142. The number of carbonyl (C=O) groups is 2. The summed E-state index contributed by atoms with van der Waals surface area (Å²) >= 11 is 0. The fraction of sp³-hybridized carbons (Fsp3) is 0.588. The summed E-state index contributed by atoms with van der Waals surface area (Å²) in [7, 11) is 3.71. The normalized spacial score (nSPS) is 36.0. The van der Waals surface area contributed by atoms with Gasteiger partial charge in [-0.3, -0.25) is 9.59 Å². The summed E-state index contributed by atoms with van der Waals surface area (Å²) in [6.45, 7) is 7.66. The summed E-state index contributed by atoms with van der Waals surface area (Å²) in [5.74, 6) is -1.13. The number of ether oxygens (including phenoxy) is 3. The molecule has 2 bridgehead atoms. The number of allylic oxidation sites excluding steroid dienone is 1. The van der Waals surface area contributed by atoms with Crippen LogP contribution in [0.15, 0.2) is 59.1 Å². The zero-order chi connectivity index (χ0) is 31.7. The van der Waals surface area contributed by atoms with Crippen molar-refractivity contribution in [3.63, 3.8) is 0 Å². The van der Waals surface area contributed by atoms with Crippen molar-refractivity contribution in [3.8, 4) is 0 Å². The van der Waals surface area contributed by atoms with Gasteiger partial charge in [0.2, 0.25) is 5.72 Å². The number of rotatable bonds is 7. The second kappa shape index (κ2) is 10.8. The molecule has 1 amide bonds. The SMILES string of the molecule is COC1=CC(OC(C)=O)=C2C[C@@H]3[C@@H]4CCC[C@@H]5OC1(NC(=O)C(=Cc1ccccc1)C(F)(F)F)C2[C@@]54CC[N+]3(C)CC(C)C. The molecular weight excluding hydrogens is 573 g/mol. The standard InChI is InChI=1S/C34H41F3N2O5/c1-20(2)19-39(4)15-14-32-24-12-9-13-28(32)44-33(38-31(41)25(34(35,36)37)16-22-10-7-6-8-11-22)29(42-5)18-27(43-21(3)40)23(30(32)33)17-26(24)39/h6-8,10-11,16,18,20,24,26,28,30H,9,12-15,17,19H2,1-5H3/p+1/t24-,26+,28-,30?,32+,33?,39?/m0/s1. The summed E-state index contributed by atoms with van der Waals surface area (Å²) < 4.78 is 62.9. The molecule has 3 aliphatic carbocycles. The maximum absolute atomic E-state index is 14.5. The lowest BCUT2D eigenvalue weighted by Crippen LogP contribution is -2.72. The number of nitrogens with one attached hydrogen (secondary N) is 1. The van der Waals surface area contributed by atoms with E-state index < -0.39 is 40.7 Å². The Labute approximate surface area is 256 Å². The number of halogens is 3. The van der Waals surface area contributed by atoms with Crippen LogP contribution in [0.3, 0.4) is 0 Å². The molecule has 4 fully saturated rings. The number of piperidine rings is 1. The summed E-state index contributed by atoms with van der Waals surface area (Å²) in [4.78, 5) is 26.2. The zero-order valence-electron chi connectivity index (χ0n) is 26.0. The second-order valence-corrected chi connectivity index (χ2v) is 13.8. The average molecular weight is 616 g/mol. The number of esters is 1. The van der Waals surface area contributed by atoms with Crippen molar-refractivity contribution in [1.29, 1.82) is 0 Å². The molecule has 1 aromatic rings. The highest BCUT2D eigenvalue weighted by Crippen LogP contribution is 2.71. The van der Waals surface area contributed by atoms with Crippen LogP contribution in [0, 0.1) is 23.2 Å². The van der Waals surface area contributed by atoms with Gasteiger partial charge in [-0.05, 0) is 30.1 Å². The molecule has 7 atom stereocenters.